The number of fused-ring (bicyclic) bond motifs is 9. The first-order valence-electron chi connectivity index (χ1n) is 12.3. The molecular formula is C33H20N2OS. The van der Waals surface area contributed by atoms with Crippen LogP contribution in [-0.2, 0) is 0 Å². The van der Waals surface area contributed by atoms with Gasteiger partial charge in [0.2, 0.25) is 0 Å². The molecule has 0 aliphatic carbocycles. The van der Waals surface area contributed by atoms with Crippen molar-refractivity contribution in [3.8, 4) is 11.4 Å². The first-order valence-corrected chi connectivity index (χ1v) is 13.2. The molecule has 174 valence electrons. The van der Waals surface area contributed by atoms with Gasteiger partial charge in [0, 0.05) is 42.3 Å². The van der Waals surface area contributed by atoms with Crippen molar-refractivity contribution in [1.29, 1.82) is 0 Å². The summed E-state index contributed by atoms with van der Waals surface area (Å²) in [6, 6.07) is 41.5. The van der Waals surface area contributed by atoms with Gasteiger partial charge in [0.15, 0.2) is 0 Å². The van der Waals surface area contributed by atoms with Crippen LogP contribution in [0.5, 0.6) is 0 Å². The van der Waals surface area contributed by atoms with Gasteiger partial charge in [0.25, 0.3) is 5.56 Å². The van der Waals surface area contributed by atoms with Gasteiger partial charge in [-0.3, -0.25) is 9.36 Å². The summed E-state index contributed by atoms with van der Waals surface area (Å²) in [5.74, 6) is 0. The lowest BCUT2D eigenvalue weighted by atomic mass is 10.0. The zero-order valence-corrected chi connectivity index (χ0v) is 20.6. The highest BCUT2D eigenvalue weighted by molar-refractivity contribution is 7.26. The highest BCUT2D eigenvalue weighted by atomic mass is 32.1. The summed E-state index contributed by atoms with van der Waals surface area (Å²) in [6.45, 7) is 0. The van der Waals surface area contributed by atoms with E-state index in [1.54, 1.807) is 11.3 Å². The predicted molar refractivity (Wildman–Crippen MR) is 157 cm³/mol. The molecule has 0 fully saturated rings. The molecular weight excluding hydrogens is 472 g/mol. The summed E-state index contributed by atoms with van der Waals surface area (Å²) in [6.07, 6.45) is 0. The van der Waals surface area contributed by atoms with Gasteiger partial charge in [-0.1, -0.05) is 72.8 Å². The van der Waals surface area contributed by atoms with E-state index in [2.05, 4.69) is 77.4 Å². The van der Waals surface area contributed by atoms with Crippen molar-refractivity contribution in [1.82, 2.24) is 9.13 Å². The molecule has 0 saturated heterocycles. The third-order valence-electron chi connectivity index (χ3n) is 7.32. The Bertz CT molecular complexity index is 2200. The van der Waals surface area contributed by atoms with E-state index in [1.807, 2.05) is 53.1 Å². The summed E-state index contributed by atoms with van der Waals surface area (Å²) in [7, 11) is 0. The second-order valence-corrected chi connectivity index (χ2v) is 10.4. The molecule has 0 bridgehead atoms. The number of nitrogens with zero attached hydrogens (tertiary/aromatic N) is 2. The lowest BCUT2D eigenvalue weighted by Crippen LogP contribution is -2.19. The topological polar surface area (TPSA) is 26.9 Å². The Hall–Kier alpha value is -4.67. The standard InChI is InChI=1S/C33H20N2OS/c36-33-31-30-26(19-20-28-29(30)24-16-8-10-18-27(24)37-28)34(21-11-3-1-4-12-21)32(31)23-15-7-9-17-25(23)35(33)22-13-5-2-6-14-22/h1-20H. The molecule has 4 heteroatoms. The fourth-order valence-corrected chi connectivity index (χ4v) is 6.94. The van der Waals surface area contributed by atoms with Crippen molar-refractivity contribution in [2.24, 2.45) is 0 Å². The van der Waals surface area contributed by atoms with Gasteiger partial charge in [-0.05, 0) is 48.5 Å². The zero-order valence-electron chi connectivity index (χ0n) is 19.8. The van der Waals surface area contributed by atoms with E-state index in [-0.39, 0.29) is 5.56 Å². The van der Waals surface area contributed by atoms with Gasteiger partial charge in [-0.25, -0.2) is 0 Å². The number of hydrogen-bond donors (Lipinski definition) is 0. The lowest BCUT2D eigenvalue weighted by molar-refractivity contribution is 1.06. The molecule has 0 saturated carbocycles. The average Bonchev–Trinajstić information content (AvgIpc) is 3.50. The number of hydrogen-bond acceptors (Lipinski definition) is 2. The first-order chi connectivity index (χ1) is 18.3. The van der Waals surface area contributed by atoms with Crippen molar-refractivity contribution in [3.05, 3.63) is 132 Å². The minimum Gasteiger partial charge on any atom is -0.308 e. The molecule has 8 aromatic rings. The molecule has 8 rings (SSSR count). The number of pyridine rings is 1. The smallest absolute Gasteiger partial charge is 0.265 e. The molecule has 0 aliphatic heterocycles. The first kappa shape index (κ1) is 20.5. The summed E-state index contributed by atoms with van der Waals surface area (Å²) < 4.78 is 6.57. The van der Waals surface area contributed by atoms with E-state index >= 15 is 0 Å². The Morgan fingerprint density at radius 3 is 1.84 bits per heavy atom. The third-order valence-corrected chi connectivity index (χ3v) is 8.45. The van der Waals surface area contributed by atoms with Gasteiger partial charge in [-0.15, -0.1) is 11.3 Å². The second kappa shape index (κ2) is 7.66. The normalized spacial score (nSPS) is 11.9. The molecule has 5 aromatic carbocycles. The predicted octanol–water partition coefficient (Wildman–Crippen LogP) is 8.46. The number of benzene rings is 5. The van der Waals surface area contributed by atoms with Crippen LogP contribution in [0.2, 0.25) is 0 Å². The minimum atomic E-state index is 0.00219. The molecule has 0 radical (unpaired) electrons. The van der Waals surface area contributed by atoms with Crippen molar-refractivity contribution >= 4 is 64.2 Å². The van der Waals surface area contributed by atoms with Crippen LogP contribution in [0.1, 0.15) is 0 Å². The van der Waals surface area contributed by atoms with Gasteiger partial charge in [0.05, 0.1) is 21.9 Å². The maximum atomic E-state index is 14.7. The summed E-state index contributed by atoms with van der Waals surface area (Å²) in [5.41, 5.74) is 4.82. The Balaban J connectivity index is 1.73. The lowest BCUT2D eigenvalue weighted by Gasteiger charge is -2.14. The zero-order chi connectivity index (χ0) is 24.5. The Labute approximate surface area is 216 Å². The molecule has 3 heterocycles. The minimum absolute atomic E-state index is 0.00219. The molecule has 0 atom stereocenters. The highest BCUT2D eigenvalue weighted by Crippen LogP contribution is 2.43. The molecule has 37 heavy (non-hydrogen) atoms. The number of thiophene rings is 1. The number of aromatic nitrogens is 2. The van der Waals surface area contributed by atoms with E-state index in [1.165, 1.54) is 14.8 Å². The maximum Gasteiger partial charge on any atom is 0.265 e. The van der Waals surface area contributed by atoms with E-state index in [0.29, 0.717) is 0 Å². The highest BCUT2D eigenvalue weighted by Gasteiger charge is 2.23. The largest absolute Gasteiger partial charge is 0.308 e. The molecule has 0 unspecified atom stereocenters. The number of rotatable bonds is 2. The number of para-hydroxylation sites is 3. The molecule has 0 N–H and O–H groups in total. The maximum absolute atomic E-state index is 14.7. The van der Waals surface area contributed by atoms with Crippen LogP contribution in [0.25, 0.3) is 64.3 Å². The molecule has 3 aromatic heterocycles. The molecule has 0 spiro atoms. The summed E-state index contributed by atoms with van der Waals surface area (Å²) in [4.78, 5) is 14.7. The Morgan fingerprint density at radius 1 is 0.459 bits per heavy atom. The quantitative estimate of drug-likeness (QED) is 0.238. The summed E-state index contributed by atoms with van der Waals surface area (Å²) in [5, 5.41) is 5.18. The van der Waals surface area contributed by atoms with Crippen LogP contribution in [0.4, 0.5) is 0 Å². The van der Waals surface area contributed by atoms with Crippen LogP contribution in [0, 0.1) is 0 Å². The van der Waals surface area contributed by atoms with Crippen LogP contribution in [0.15, 0.2) is 126 Å². The van der Waals surface area contributed by atoms with Crippen molar-refractivity contribution in [2.45, 2.75) is 0 Å². The average molecular weight is 493 g/mol. The van der Waals surface area contributed by atoms with Gasteiger partial charge in [-0.2, -0.15) is 0 Å². The van der Waals surface area contributed by atoms with Crippen LogP contribution in [-0.4, -0.2) is 9.13 Å². The van der Waals surface area contributed by atoms with Gasteiger partial charge in [0.1, 0.15) is 0 Å². The van der Waals surface area contributed by atoms with Crippen LogP contribution >= 0.6 is 11.3 Å². The second-order valence-electron chi connectivity index (χ2n) is 9.32. The Kier molecular flexibility index (Phi) is 4.25. The monoisotopic (exact) mass is 492 g/mol. The van der Waals surface area contributed by atoms with E-state index < -0.39 is 0 Å². The third kappa shape index (κ3) is 2.79. The van der Waals surface area contributed by atoms with Crippen molar-refractivity contribution in [3.63, 3.8) is 0 Å². The van der Waals surface area contributed by atoms with Gasteiger partial charge >= 0.3 is 0 Å². The van der Waals surface area contributed by atoms with Gasteiger partial charge < -0.3 is 4.57 Å². The van der Waals surface area contributed by atoms with Crippen molar-refractivity contribution in [2.75, 3.05) is 0 Å². The summed E-state index contributed by atoms with van der Waals surface area (Å²) >= 11 is 1.78. The van der Waals surface area contributed by atoms with Crippen LogP contribution in [0.3, 0.4) is 0 Å². The fourth-order valence-electron chi connectivity index (χ4n) is 5.83. The van der Waals surface area contributed by atoms with E-state index in [4.69, 9.17) is 0 Å². The Morgan fingerprint density at radius 2 is 1.08 bits per heavy atom. The van der Waals surface area contributed by atoms with Crippen LogP contribution < -0.4 is 5.56 Å². The van der Waals surface area contributed by atoms with E-state index in [9.17, 15) is 4.79 Å². The molecule has 0 amide bonds. The SMILES string of the molecule is O=c1c2c3c4c(ccc3n(-c3ccccc3)c2c2ccccc2n1-c1ccccc1)sc1ccccc14. The fraction of sp³-hybridized carbons (Fsp3) is 0. The molecule has 0 aliphatic rings. The van der Waals surface area contributed by atoms with Crippen molar-refractivity contribution < 1.29 is 0 Å². The van der Waals surface area contributed by atoms with E-state index in [0.717, 1.165) is 49.5 Å². The molecule has 3 nitrogen and oxygen atoms in total.